The van der Waals surface area contributed by atoms with Crippen molar-refractivity contribution in [1.29, 1.82) is 0 Å². The van der Waals surface area contributed by atoms with Gasteiger partial charge in [-0.1, -0.05) is 13.8 Å². The zero-order valence-corrected chi connectivity index (χ0v) is 17.4. The molecule has 1 aliphatic rings. The maximum atomic E-state index is 5.47. The number of methoxy groups -OCH3 is 1. The molecule has 2 rings (SSSR count). The average Bonchev–Trinajstić information content (AvgIpc) is 2.82. The van der Waals surface area contributed by atoms with Crippen LogP contribution >= 0.6 is 24.0 Å². The molecule has 0 aliphatic carbocycles. The molecule has 6 heteroatoms. The number of halogens is 1. The number of aryl methyl sites for hydroxylation is 1. The van der Waals surface area contributed by atoms with E-state index in [-0.39, 0.29) is 24.0 Å². The van der Waals surface area contributed by atoms with Crippen LogP contribution in [0.15, 0.2) is 11.2 Å². The second-order valence-electron chi connectivity index (χ2n) is 6.78. The molecule has 130 valence electrons. The second-order valence-corrected chi connectivity index (χ2v) is 6.78. The molecule has 23 heavy (non-hydrogen) atoms. The molecule has 0 saturated carbocycles. The summed E-state index contributed by atoms with van der Waals surface area (Å²) in [5.74, 6) is 1.87. The van der Waals surface area contributed by atoms with E-state index in [2.05, 4.69) is 41.0 Å². The lowest BCUT2D eigenvalue weighted by molar-refractivity contribution is 0.370. The van der Waals surface area contributed by atoms with Crippen molar-refractivity contribution in [2.45, 2.75) is 40.7 Å². The molecular formula is C17H29IN4O. The summed E-state index contributed by atoms with van der Waals surface area (Å²) < 4.78 is 5.47. The Morgan fingerprint density at radius 3 is 2.65 bits per heavy atom. The van der Waals surface area contributed by atoms with Gasteiger partial charge in [0.25, 0.3) is 0 Å². The molecule has 0 unspecified atom stereocenters. The highest BCUT2D eigenvalue weighted by atomic mass is 127. The number of rotatable bonds is 3. The molecule has 2 heterocycles. The maximum absolute atomic E-state index is 5.47. The van der Waals surface area contributed by atoms with Gasteiger partial charge < -0.3 is 15.0 Å². The first-order chi connectivity index (χ1) is 10.4. The number of nitrogens with one attached hydrogen (secondary N) is 1. The number of guanidine groups is 1. The maximum Gasteiger partial charge on any atom is 0.193 e. The zero-order chi connectivity index (χ0) is 16.3. The summed E-state index contributed by atoms with van der Waals surface area (Å²) in [5, 5.41) is 3.43. The summed E-state index contributed by atoms with van der Waals surface area (Å²) in [7, 11) is 3.54. The Bertz CT molecular complexity index is 572. The van der Waals surface area contributed by atoms with Crippen LogP contribution in [0.1, 0.15) is 37.1 Å². The van der Waals surface area contributed by atoms with E-state index in [4.69, 9.17) is 4.74 Å². The van der Waals surface area contributed by atoms with Crippen LogP contribution in [0.3, 0.4) is 0 Å². The molecule has 1 aromatic heterocycles. The van der Waals surface area contributed by atoms with Crippen molar-refractivity contribution in [3.8, 4) is 5.75 Å². The van der Waals surface area contributed by atoms with Crippen LogP contribution < -0.4 is 10.1 Å². The summed E-state index contributed by atoms with van der Waals surface area (Å²) in [5.41, 5.74) is 3.52. The van der Waals surface area contributed by atoms with Crippen LogP contribution in [-0.2, 0) is 6.54 Å². The third-order valence-electron chi connectivity index (χ3n) is 4.35. The Hall–Kier alpha value is -1.05. The molecule has 1 N–H and O–H groups in total. The fourth-order valence-electron chi connectivity index (χ4n) is 3.04. The van der Waals surface area contributed by atoms with Crippen molar-refractivity contribution in [3.63, 3.8) is 0 Å². The molecule has 0 spiro atoms. The van der Waals surface area contributed by atoms with Gasteiger partial charge in [-0.15, -0.1) is 24.0 Å². The monoisotopic (exact) mass is 432 g/mol. The van der Waals surface area contributed by atoms with E-state index in [1.807, 2.05) is 20.2 Å². The highest BCUT2D eigenvalue weighted by Gasteiger charge is 2.30. The van der Waals surface area contributed by atoms with E-state index in [9.17, 15) is 0 Å². The summed E-state index contributed by atoms with van der Waals surface area (Å²) in [6.07, 6.45) is 3.06. The highest BCUT2D eigenvalue weighted by Crippen LogP contribution is 2.29. The minimum atomic E-state index is 0. The lowest BCUT2D eigenvalue weighted by atomic mass is 9.93. The Balaban J connectivity index is 0.00000264. The van der Waals surface area contributed by atoms with Gasteiger partial charge in [0.05, 0.1) is 19.3 Å². The standard InChI is InChI=1S/C17H28N4O.HI/c1-12-9-19-14(13(2)15(12)22-6)10-20-16(18-5)21-8-7-17(3,4)11-21;/h9H,7-8,10-11H2,1-6H3,(H,18,20);1H. The molecule has 1 saturated heterocycles. The van der Waals surface area contributed by atoms with Gasteiger partial charge in [0.2, 0.25) is 0 Å². The lowest BCUT2D eigenvalue weighted by Crippen LogP contribution is -2.40. The van der Waals surface area contributed by atoms with Crippen molar-refractivity contribution < 1.29 is 4.74 Å². The minimum Gasteiger partial charge on any atom is -0.496 e. The molecule has 0 bridgehead atoms. The molecule has 5 nitrogen and oxygen atoms in total. The van der Waals surface area contributed by atoms with E-state index in [1.54, 1.807) is 7.11 Å². The Kier molecular flexibility index (Phi) is 7.10. The molecular weight excluding hydrogens is 403 g/mol. The molecule has 0 radical (unpaired) electrons. The van der Waals surface area contributed by atoms with E-state index in [0.29, 0.717) is 12.0 Å². The van der Waals surface area contributed by atoms with Gasteiger partial charge in [-0.25, -0.2) is 0 Å². The molecule has 1 aliphatic heterocycles. The topological polar surface area (TPSA) is 49.8 Å². The number of hydrogen-bond donors (Lipinski definition) is 1. The molecule has 1 aromatic rings. The average molecular weight is 432 g/mol. The predicted molar refractivity (Wildman–Crippen MR) is 106 cm³/mol. The van der Waals surface area contributed by atoms with Gasteiger partial charge in [-0.3, -0.25) is 9.98 Å². The summed E-state index contributed by atoms with van der Waals surface area (Å²) >= 11 is 0. The van der Waals surface area contributed by atoms with Crippen LogP contribution in [0.5, 0.6) is 5.75 Å². The molecule has 1 fully saturated rings. The Morgan fingerprint density at radius 2 is 2.13 bits per heavy atom. The first kappa shape index (κ1) is 20.0. The number of aliphatic imine (C=N–C) groups is 1. The van der Waals surface area contributed by atoms with Gasteiger partial charge in [0.1, 0.15) is 5.75 Å². The van der Waals surface area contributed by atoms with Crippen molar-refractivity contribution >= 4 is 29.9 Å². The van der Waals surface area contributed by atoms with Gasteiger partial charge >= 0.3 is 0 Å². The minimum absolute atomic E-state index is 0. The number of ether oxygens (including phenoxy) is 1. The lowest BCUT2D eigenvalue weighted by Gasteiger charge is -2.24. The fourth-order valence-corrected chi connectivity index (χ4v) is 3.04. The summed E-state index contributed by atoms with van der Waals surface area (Å²) in [4.78, 5) is 11.3. The van der Waals surface area contributed by atoms with Crippen LogP contribution in [0, 0.1) is 19.3 Å². The van der Waals surface area contributed by atoms with Gasteiger partial charge in [-0.05, 0) is 25.7 Å². The number of pyridine rings is 1. The largest absolute Gasteiger partial charge is 0.496 e. The van der Waals surface area contributed by atoms with E-state index in [1.165, 1.54) is 6.42 Å². The smallest absolute Gasteiger partial charge is 0.193 e. The van der Waals surface area contributed by atoms with E-state index in [0.717, 1.165) is 41.6 Å². The van der Waals surface area contributed by atoms with Crippen molar-refractivity contribution in [1.82, 2.24) is 15.2 Å². The highest BCUT2D eigenvalue weighted by molar-refractivity contribution is 14.0. The number of likely N-dealkylation sites (tertiary alicyclic amines) is 1. The molecule has 0 aromatic carbocycles. The first-order valence-corrected chi connectivity index (χ1v) is 7.82. The van der Waals surface area contributed by atoms with E-state index < -0.39 is 0 Å². The summed E-state index contributed by atoms with van der Waals surface area (Å²) in [6, 6.07) is 0. The van der Waals surface area contributed by atoms with Crippen LogP contribution in [0.25, 0.3) is 0 Å². The third kappa shape index (κ3) is 4.71. The Labute approximate surface area is 156 Å². The van der Waals surface area contributed by atoms with Gasteiger partial charge in [0, 0.05) is 37.5 Å². The third-order valence-corrected chi connectivity index (χ3v) is 4.35. The number of hydrogen-bond acceptors (Lipinski definition) is 3. The Morgan fingerprint density at radius 1 is 1.43 bits per heavy atom. The predicted octanol–water partition coefficient (Wildman–Crippen LogP) is 3.13. The molecule has 0 amide bonds. The zero-order valence-electron chi connectivity index (χ0n) is 15.1. The SMILES string of the molecule is CN=C(NCc1ncc(C)c(OC)c1C)N1CCC(C)(C)C1.I. The quantitative estimate of drug-likeness (QED) is 0.453. The second kappa shape index (κ2) is 8.17. The first-order valence-electron chi connectivity index (χ1n) is 7.82. The van der Waals surface area contributed by atoms with Crippen LogP contribution in [-0.4, -0.2) is 43.1 Å². The molecule has 0 atom stereocenters. The normalized spacial score (nSPS) is 17.0. The number of nitrogens with zero attached hydrogens (tertiary/aromatic N) is 3. The van der Waals surface area contributed by atoms with E-state index >= 15 is 0 Å². The number of aromatic nitrogens is 1. The van der Waals surface area contributed by atoms with Gasteiger partial charge in [0.15, 0.2) is 5.96 Å². The fraction of sp³-hybridized carbons (Fsp3) is 0.647. The van der Waals surface area contributed by atoms with Crippen molar-refractivity contribution in [2.24, 2.45) is 10.4 Å². The van der Waals surface area contributed by atoms with Crippen molar-refractivity contribution in [3.05, 3.63) is 23.0 Å². The van der Waals surface area contributed by atoms with Crippen LogP contribution in [0.4, 0.5) is 0 Å². The van der Waals surface area contributed by atoms with Gasteiger partial charge in [-0.2, -0.15) is 0 Å². The van der Waals surface area contributed by atoms with Crippen LogP contribution in [0.2, 0.25) is 0 Å². The van der Waals surface area contributed by atoms with Crippen molar-refractivity contribution in [2.75, 3.05) is 27.2 Å². The summed E-state index contributed by atoms with van der Waals surface area (Å²) in [6.45, 7) is 11.4.